The Kier molecular flexibility index (Phi) is 8.10. The monoisotopic (exact) mass is 146 g/mol. The van der Waals surface area contributed by atoms with Gasteiger partial charge in [-0.1, -0.05) is 0 Å². The van der Waals surface area contributed by atoms with E-state index in [1.165, 1.54) is 0 Å². The normalized spacial score (nSPS) is 6.40. The summed E-state index contributed by atoms with van der Waals surface area (Å²) in [6.45, 7) is 5.72. The molecule has 56 valence electrons. The van der Waals surface area contributed by atoms with Gasteiger partial charge in [-0.3, -0.25) is 20.2 Å². The zero-order chi connectivity index (χ0) is 8.57. The molecule has 0 aliphatic carbocycles. The van der Waals surface area contributed by atoms with Crippen LogP contribution in [0.25, 0.3) is 0 Å². The first-order valence-corrected chi connectivity index (χ1v) is 2.06. The van der Waals surface area contributed by atoms with E-state index in [-0.39, 0.29) is 0 Å². The van der Waals surface area contributed by atoms with Crippen LogP contribution < -0.4 is 0 Å². The summed E-state index contributed by atoms with van der Waals surface area (Å²) >= 11 is 0. The smallest absolute Gasteiger partial charge is 0.227 e. The molecule has 0 aromatic heterocycles. The molecule has 6 nitrogen and oxygen atoms in total. The Bertz CT molecular complexity index is 135. The molecular weight excluding hydrogens is 140 g/mol. The average molecular weight is 146 g/mol. The zero-order valence-electron chi connectivity index (χ0n) is 5.10. The predicted octanol–water partition coefficient (Wildman–Crippen LogP) is 0.813. The van der Waals surface area contributed by atoms with Gasteiger partial charge in [0.25, 0.3) is 0 Å². The average Bonchev–Trinajstić information content (AvgIpc) is 1.89. The molecule has 10 heavy (non-hydrogen) atoms. The summed E-state index contributed by atoms with van der Waals surface area (Å²) in [5.41, 5.74) is 0. The lowest BCUT2D eigenvalue weighted by Crippen LogP contribution is -1.77. The number of nitrogens with zero attached hydrogens (tertiary/aromatic N) is 2. The first-order valence-electron chi connectivity index (χ1n) is 2.06. The minimum Gasteiger partial charge on any atom is -0.259 e. The maximum atomic E-state index is 9.06. The Hall–Kier alpha value is -1.72. The van der Waals surface area contributed by atoms with Crippen LogP contribution in [0.1, 0.15) is 0 Å². The van der Waals surface area contributed by atoms with Crippen molar-refractivity contribution in [3.8, 4) is 0 Å². The lowest BCUT2D eigenvalue weighted by atomic mass is 11.1. The second kappa shape index (κ2) is 7.28. The Morgan fingerprint density at radius 1 is 1.00 bits per heavy atom. The van der Waals surface area contributed by atoms with E-state index in [4.69, 9.17) is 20.2 Å². The second-order valence-corrected chi connectivity index (χ2v) is 0.936. The molecule has 0 N–H and O–H groups in total. The van der Waals surface area contributed by atoms with Crippen molar-refractivity contribution in [2.75, 3.05) is 0 Å². The van der Waals surface area contributed by atoms with Crippen molar-refractivity contribution in [1.29, 1.82) is 0 Å². The van der Waals surface area contributed by atoms with Crippen LogP contribution in [0.15, 0.2) is 25.6 Å². The van der Waals surface area contributed by atoms with Crippen molar-refractivity contribution in [3.63, 3.8) is 0 Å². The third-order valence-corrected chi connectivity index (χ3v) is 0.298. The van der Waals surface area contributed by atoms with E-state index < -0.39 is 9.85 Å². The van der Waals surface area contributed by atoms with Crippen LogP contribution in [0.5, 0.6) is 0 Å². The van der Waals surface area contributed by atoms with Crippen LogP contribution in [-0.4, -0.2) is 9.85 Å². The molecule has 0 aromatic rings. The van der Waals surface area contributed by atoms with Crippen LogP contribution >= 0.6 is 0 Å². The molecular formula is C4H6N2O4. The van der Waals surface area contributed by atoms with Gasteiger partial charge in [-0.05, 0) is 13.2 Å². The van der Waals surface area contributed by atoms with Gasteiger partial charge in [-0.2, -0.15) is 0 Å². The zero-order valence-corrected chi connectivity index (χ0v) is 5.10. The van der Waals surface area contributed by atoms with Crippen LogP contribution in [-0.2, 0) is 0 Å². The summed E-state index contributed by atoms with van der Waals surface area (Å²) in [7, 11) is 0. The van der Waals surface area contributed by atoms with Gasteiger partial charge in [-0.25, -0.2) is 0 Å². The SMILES string of the molecule is C=C[N+](=O)[O-].C=C[N+](=O)[O-]. The molecule has 0 spiro atoms. The van der Waals surface area contributed by atoms with Crippen molar-refractivity contribution < 1.29 is 9.85 Å². The first-order chi connectivity index (χ1) is 4.54. The van der Waals surface area contributed by atoms with Gasteiger partial charge >= 0.3 is 0 Å². The molecule has 0 heterocycles. The molecule has 0 radical (unpaired) electrons. The molecule has 0 rings (SSSR count). The summed E-state index contributed by atoms with van der Waals surface area (Å²) in [6, 6.07) is 0. The van der Waals surface area contributed by atoms with Crippen molar-refractivity contribution in [3.05, 3.63) is 45.8 Å². The number of nitro groups is 2. The first kappa shape index (κ1) is 11.1. The van der Waals surface area contributed by atoms with Gasteiger partial charge in [0.15, 0.2) is 0 Å². The topological polar surface area (TPSA) is 86.3 Å². The van der Waals surface area contributed by atoms with Gasteiger partial charge in [0, 0.05) is 0 Å². The Labute approximate surface area is 56.8 Å². The predicted molar refractivity (Wildman–Crippen MR) is 34.4 cm³/mol. The van der Waals surface area contributed by atoms with E-state index in [1.54, 1.807) is 0 Å². The van der Waals surface area contributed by atoms with E-state index in [1.807, 2.05) is 0 Å². The van der Waals surface area contributed by atoms with E-state index >= 15 is 0 Å². The number of hydrogen-bond donors (Lipinski definition) is 0. The lowest BCUT2D eigenvalue weighted by molar-refractivity contribution is -0.401. The van der Waals surface area contributed by atoms with Gasteiger partial charge in [0.05, 0.1) is 9.85 Å². The standard InChI is InChI=1S/2C2H3NO2/c2*1-2-3(4)5/h2*2H,1H2. The van der Waals surface area contributed by atoms with Gasteiger partial charge < -0.3 is 0 Å². The molecule has 0 aromatic carbocycles. The van der Waals surface area contributed by atoms with Gasteiger partial charge in [0.2, 0.25) is 12.4 Å². The highest BCUT2D eigenvalue weighted by Gasteiger charge is 1.69. The van der Waals surface area contributed by atoms with E-state index in [9.17, 15) is 0 Å². The molecule has 6 heteroatoms. The highest BCUT2D eigenvalue weighted by atomic mass is 16.6. The second-order valence-electron chi connectivity index (χ2n) is 0.936. The van der Waals surface area contributed by atoms with Gasteiger partial charge in [0.1, 0.15) is 0 Å². The molecule has 0 fully saturated rings. The number of rotatable bonds is 2. The molecule has 0 bridgehead atoms. The van der Waals surface area contributed by atoms with Gasteiger partial charge in [-0.15, -0.1) is 0 Å². The highest BCUT2D eigenvalue weighted by molar-refractivity contribution is 4.43. The molecule has 0 amide bonds. The van der Waals surface area contributed by atoms with Crippen LogP contribution in [0.2, 0.25) is 0 Å². The minimum absolute atomic E-state index is 0.611. The highest BCUT2D eigenvalue weighted by Crippen LogP contribution is 1.58. The van der Waals surface area contributed by atoms with Crippen molar-refractivity contribution >= 4 is 0 Å². The van der Waals surface area contributed by atoms with E-state index in [2.05, 4.69) is 13.2 Å². The van der Waals surface area contributed by atoms with E-state index in [0.717, 1.165) is 0 Å². The number of hydrogen-bond acceptors (Lipinski definition) is 4. The Morgan fingerprint density at radius 3 is 1.10 bits per heavy atom. The summed E-state index contributed by atoms with van der Waals surface area (Å²) in [5.74, 6) is 0. The minimum atomic E-state index is -0.611. The third-order valence-electron chi connectivity index (χ3n) is 0.298. The Balaban J connectivity index is 0. The molecule has 0 aliphatic rings. The fraction of sp³-hybridized carbons (Fsp3) is 0. The quantitative estimate of drug-likeness (QED) is 0.426. The lowest BCUT2D eigenvalue weighted by Gasteiger charge is -1.65. The fourth-order valence-electron chi connectivity index (χ4n) is 0. The summed E-state index contributed by atoms with van der Waals surface area (Å²) in [4.78, 5) is 16.9. The molecule has 0 unspecified atom stereocenters. The van der Waals surface area contributed by atoms with E-state index in [0.29, 0.717) is 12.4 Å². The molecule has 0 aliphatic heterocycles. The van der Waals surface area contributed by atoms with Crippen molar-refractivity contribution in [1.82, 2.24) is 0 Å². The van der Waals surface area contributed by atoms with Crippen LogP contribution in [0, 0.1) is 20.2 Å². The molecule has 0 atom stereocenters. The third kappa shape index (κ3) is 33.7. The molecule has 0 saturated carbocycles. The van der Waals surface area contributed by atoms with Crippen molar-refractivity contribution in [2.45, 2.75) is 0 Å². The summed E-state index contributed by atoms with van der Waals surface area (Å²) in [6.07, 6.45) is 1.28. The summed E-state index contributed by atoms with van der Waals surface area (Å²) in [5, 5.41) is 18.1. The Morgan fingerprint density at radius 2 is 1.10 bits per heavy atom. The molecule has 0 saturated heterocycles. The van der Waals surface area contributed by atoms with Crippen molar-refractivity contribution in [2.24, 2.45) is 0 Å². The summed E-state index contributed by atoms with van der Waals surface area (Å²) < 4.78 is 0. The maximum Gasteiger partial charge on any atom is 0.227 e. The largest absolute Gasteiger partial charge is 0.259 e. The van der Waals surface area contributed by atoms with Crippen LogP contribution in [0.3, 0.4) is 0 Å². The maximum absolute atomic E-state index is 9.06. The fourth-order valence-corrected chi connectivity index (χ4v) is 0. The van der Waals surface area contributed by atoms with Crippen LogP contribution in [0.4, 0.5) is 0 Å².